The molecule has 0 bridgehead atoms. The zero-order chi connectivity index (χ0) is 15.2. The van der Waals surface area contributed by atoms with Crippen molar-refractivity contribution in [3.8, 4) is 0 Å². The Morgan fingerprint density at radius 1 is 1.30 bits per heavy atom. The van der Waals surface area contributed by atoms with E-state index in [1.807, 2.05) is 13.8 Å². The van der Waals surface area contributed by atoms with Gasteiger partial charge >= 0.3 is 6.18 Å². The first-order chi connectivity index (χ1) is 9.38. The summed E-state index contributed by atoms with van der Waals surface area (Å²) in [5.41, 5.74) is 1.11. The van der Waals surface area contributed by atoms with Crippen LogP contribution in [0.2, 0.25) is 0 Å². The fourth-order valence-corrected chi connectivity index (χ4v) is 1.99. The van der Waals surface area contributed by atoms with Gasteiger partial charge in [-0.15, -0.1) is 0 Å². The number of nitrogens with one attached hydrogen (secondary N) is 1. The maximum absolute atomic E-state index is 12.8. The molecule has 0 aliphatic heterocycles. The number of benzene rings is 1. The Hall–Kier alpha value is -1.29. The van der Waals surface area contributed by atoms with E-state index >= 15 is 0 Å². The van der Waals surface area contributed by atoms with Crippen molar-refractivity contribution >= 4 is 0 Å². The molecule has 112 valence electrons. The molecule has 1 atom stereocenters. The molecule has 0 aliphatic carbocycles. The second-order valence-electron chi connectivity index (χ2n) is 4.94. The average molecular weight is 285 g/mol. The van der Waals surface area contributed by atoms with Gasteiger partial charge in [-0.2, -0.15) is 13.2 Å². The molecule has 0 aromatic heterocycles. The summed E-state index contributed by atoms with van der Waals surface area (Å²) in [5, 5.41) is 3.30. The summed E-state index contributed by atoms with van der Waals surface area (Å²) < 4.78 is 38.3. The van der Waals surface area contributed by atoms with Crippen LogP contribution >= 0.6 is 0 Å². The Morgan fingerprint density at radius 2 is 2.00 bits per heavy atom. The van der Waals surface area contributed by atoms with E-state index in [1.165, 1.54) is 12.1 Å². The summed E-state index contributed by atoms with van der Waals surface area (Å²) in [6.45, 7) is 8.77. The first-order valence-electron chi connectivity index (χ1n) is 6.95. The molecule has 1 N–H and O–H groups in total. The molecule has 0 fully saturated rings. The minimum atomic E-state index is -4.30. The van der Waals surface area contributed by atoms with Gasteiger partial charge in [-0.1, -0.05) is 38.1 Å². The van der Waals surface area contributed by atoms with E-state index in [2.05, 4.69) is 11.9 Å². The molecule has 0 heterocycles. The van der Waals surface area contributed by atoms with E-state index in [9.17, 15) is 13.2 Å². The number of hydrogen-bond donors (Lipinski definition) is 1. The predicted molar refractivity (Wildman–Crippen MR) is 76.5 cm³/mol. The maximum atomic E-state index is 12.8. The van der Waals surface area contributed by atoms with Gasteiger partial charge < -0.3 is 5.32 Å². The van der Waals surface area contributed by atoms with Crippen LogP contribution in [0, 0.1) is 0 Å². The van der Waals surface area contributed by atoms with Crippen molar-refractivity contribution < 1.29 is 13.2 Å². The van der Waals surface area contributed by atoms with Crippen LogP contribution in [0.25, 0.3) is 0 Å². The molecule has 0 saturated carbocycles. The second-order valence-corrected chi connectivity index (χ2v) is 4.94. The zero-order valence-electron chi connectivity index (χ0n) is 12.1. The molecule has 4 heteroatoms. The van der Waals surface area contributed by atoms with Gasteiger partial charge in [0.2, 0.25) is 0 Å². The molecular weight excluding hydrogens is 263 g/mol. The van der Waals surface area contributed by atoms with Crippen LogP contribution in [0.5, 0.6) is 0 Å². The van der Waals surface area contributed by atoms with Crippen LogP contribution in [0.4, 0.5) is 13.2 Å². The van der Waals surface area contributed by atoms with Crippen LogP contribution in [0.1, 0.15) is 50.3 Å². The van der Waals surface area contributed by atoms with Crippen molar-refractivity contribution in [3.63, 3.8) is 0 Å². The lowest BCUT2D eigenvalue weighted by atomic mass is 9.96. The summed E-state index contributed by atoms with van der Waals surface area (Å²) in [5.74, 6) is 0. The molecule has 20 heavy (non-hydrogen) atoms. The normalized spacial score (nSPS) is 13.2. The molecule has 0 radical (unpaired) electrons. The van der Waals surface area contributed by atoms with Crippen molar-refractivity contribution in [2.75, 3.05) is 6.54 Å². The lowest BCUT2D eigenvalue weighted by Crippen LogP contribution is -2.23. The van der Waals surface area contributed by atoms with Gasteiger partial charge in [0.1, 0.15) is 0 Å². The molecule has 1 nitrogen and oxygen atoms in total. The van der Waals surface area contributed by atoms with Crippen LogP contribution in [-0.2, 0) is 6.18 Å². The quantitative estimate of drug-likeness (QED) is 0.687. The monoisotopic (exact) mass is 285 g/mol. The highest BCUT2D eigenvalue weighted by Gasteiger charge is 2.30. The summed E-state index contributed by atoms with van der Waals surface area (Å²) >= 11 is 0. The highest BCUT2D eigenvalue weighted by atomic mass is 19.4. The minimum Gasteiger partial charge on any atom is -0.310 e. The molecule has 1 aromatic rings. The average Bonchev–Trinajstić information content (AvgIpc) is 2.42. The Morgan fingerprint density at radius 3 is 2.55 bits per heavy atom. The summed E-state index contributed by atoms with van der Waals surface area (Å²) in [4.78, 5) is 0. The largest absolute Gasteiger partial charge is 0.416 e. The van der Waals surface area contributed by atoms with E-state index in [0.29, 0.717) is 12.0 Å². The van der Waals surface area contributed by atoms with E-state index in [0.717, 1.165) is 31.0 Å². The number of alkyl halides is 3. The highest BCUT2D eigenvalue weighted by molar-refractivity contribution is 5.29. The molecule has 0 aliphatic rings. The Kier molecular flexibility index (Phi) is 6.27. The van der Waals surface area contributed by atoms with Crippen molar-refractivity contribution in [2.45, 2.75) is 45.3 Å². The smallest absolute Gasteiger partial charge is 0.310 e. The molecular formula is C16H22F3N. The molecule has 1 rings (SSSR count). The standard InChI is InChI=1S/C16H22F3N/c1-4-9-20-15(10-12(3)5-2)13-7-6-8-14(11-13)16(17,18)19/h6-8,11,15,20H,3-5,9-10H2,1-2H3. The van der Waals surface area contributed by atoms with Crippen LogP contribution in [0.3, 0.4) is 0 Å². The lowest BCUT2D eigenvalue weighted by Gasteiger charge is -2.21. The number of rotatable bonds is 7. The third-order valence-electron chi connectivity index (χ3n) is 3.25. The predicted octanol–water partition coefficient (Wildman–Crippen LogP) is 5.10. The summed E-state index contributed by atoms with van der Waals surface area (Å²) in [6.07, 6.45) is -1.86. The zero-order valence-corrected chi connectivity index (χ0v) is 12.1. The maximum Gasteiger partial charge on any atom is 0.416 e. The highest BCUT2D eigenvalue weighted by Crippen LogP contribution is 2.32. The lowest BCUT2D eigenvalue weighted by molar-refractivity contribution is -0.137. The topological polar surface area (TPSA) is 12.0 Å². The van der Waals surface area contributed by atoms with E-state index in [-0.39, 0.29) is 6.04 Å². The molecule has 0 spiro atoms. The minimum absolute atomic E-state index is 0.107. The molecule has 0 amide bonds. The van der Waals surface area contributed by atoms with Gasteiger partial charge in [0, 0.05) is 6.04 Å². The van der Waals surface area contributed by atoms with Crippen molar-refractivity contribution in [2.24, 2.45) is 0 Å². The van der Waals surface area contributed by atoms with E-state index in [4.69, 9.17) is 0 Å². The second kappa shape index (κ2) is 7.48. The van der Waals surface area contributed by atoms with Crippen molar-refractivity contribution in [3.05, 3.63) is 47.5 Å². The van der Waals surface area contributed by atoms with Gasteiger partial charge in [0.15, 0.2) is 0 Å². The molecule has 1 aromatic carbocycles. The van der Waals surface area contributed by atoms with Gasteiger partial charge in [-0.3, -0.25) is 0 Å². The first-order valence-corrected chi connectivity index (χ1v) is 6.95. The van der Waals surface area contributed by atoms with Crippen molar-refractivity contribution in [1.29, 1.82) is 0 Å². The number of hydrogen-bond acceptors (Lipinski definition) is 1. The van der Waals surface area contributed by atoms with E-state index < -0.39 is 11.7 Å². The van der Waals surface area contributed by atoms with E-state index in [1.54, 1.807) is 6.07 Å². The molecule has 0 saturated heterocycles. The first kappa shape index (κ1) is 16.8. The summed E-state index contributed by atoms with van der Waals surface area (Å²) in [7, 11) is 0. The Balaban J connectivity index is 2.97. The van der Waals surface area contributed by atoms with Crippen LogP contribution < -0.4 is 5.32 Å². The third-order valence-corrected chi connectivity index (χ3v) is 3.25. The third kappa shape index (κ3) is 5.00. The van der Waals surface area contributed by atoms with Crippen molar-refractivity contribution in [1.82, 2.24) is 5.32 Å². The SMILES string of the molecule is C=C(CC)CC(NCCC)c1cccc(C(F)(F)F)c1. The van der Waals surface area contributed by atoms with Crippen LogP contribution in [-0.4, -0.2) is 6.54 Å². The Bertz CT molecular complexity index is 438. The summed E-state index contributed by atoms with van der Waals surface area (Å²) in [6, 6.07) is 5.44. The fraction of sp³-hybridized carbons (Fsp3) is 0.500. The van der Waals surface area contributed by atoms with Gasteiger partial charge in [0.25, 0.3) is 0 Å². The van der Waals surface area contributed by atoms with Gasteiger partial charge in [-0.25, -0.2) is 0 Å². The molecule has 1 unspecified atom stereocenters. The number of halogens is 3. The van der Waals surface area contributed by atoms with Gasteiger partial charge in [0.05, 0.1) is 5.56 Å². The van der Waals surface area contributed by atoms with Gasteiger partial charge in [-0.05, 0) is 43.5 Å². The Labute approximate surface area is 118 Å². The van der Waals surface area contributed by atoms with Crippen LogP contribution in [0.15, 0.2) is 36.4 Å². The fourth-order valence-electron chi connectivity index (χ4n) is 1.99.